The van der Waals surface area contributed by atoms with Gasteiger partial charge in [-0.15, -0.1) is 11.3 Å². The molecule has 4 nitrogen and oxygen atoms in total. The SMILES string of the molecule is CCc1nc(CN(C)C[C@H](C)C(=O)OC)cs1. The molecule has 0 radical (unpaired) electrons. The van der Waals surface area contributed by atoms with Gasteiger partial charge in [-0.05, 0) is 13.5 Å². The van der Waals surface area contributed by atoms with Crippen LogP contribution in [0.2, 0.25) is 0 Å². The lowest BCUT2D eigenvalue weighted by Crippen LogP contribution is -2.29. The lowest BCUT2D eigenvalue weighted by Gasteiger charge is -2.18. The van der Waals surface area contributed by atoms with E-state index < -0.39 is 0 Å². The molecule has 0 aliphatic rings. The van der Waals surface area contributed by atoms with Crippen molar-refractivity contribution in [2.75, 3.05) is 20.7 Å². The fourth-order valence-corrected chi connectivity index (χ4v) is 2.40. The molecule has 1 heterocycles. The van der Waals surface area contributed by atoms with Crippen LogP contribution >= 0.6 is 11.3 Å². The molecule has 1 rings (SSSR count). The first-order valence-corrected chi connectivity index (χ1v) is 6.64. The van der Waals surface area contributed by atoms with Crippen LogP contribution in [-0.2, 0) is 22.5 Å². The maximum absolute atomic E-state index is 11.3. The molecule has 96 valence electrons. The number of carbonyl (C=O) groups is 1. The second-order valence-corrected chi connectivity index (χ2v) is 5.15. The first-order valence-electron chi connectivity index (χ1n) is 5.76. The van der Waals surface area contributed by atoms with E-state index in [1.807, 2.05) is 14.0 Å². The highest BCUT2D eigenvalue weighted by molar-refractivity contribution is 7.09. The van der Waals surface area contributed by atoms with Gasteiger partial charge < -0.3 is 4.74 Å². The number of thiazole rings is 1. The van der Waals surface area contributed by atoms with Crippen LogP contribution in [0.3, 0.4) is 0 Å². The van der Waals surface area contributed by atoms with Gasteiger partial charge in [0, 0.05) is 18.5 Å². The second kappa shape index (κ2) is 6.71. The standard InChI is InChI=1S/C12H20N2O2S/c1-5-11-13-10(8-17-11)7-14(3)6-9(2)12(15)16-4/h8-9H,5-7H2,1-4H3/t9-/m0/s1. The molecule has 0 bridgehead atoms. The van der Waals surface area contributed by atoms with E-state index in [1.54, 1.807) is 11.3 Å². The summed E-state index contributed by atoms with van der Waals surface area (Å²) in [6.45, 7) is 5.44. The van der Waals surface area contributed by atoms with E-state index in [-0.39, 0.29) is 11.9 Å². The van der Waals surface area contributed by atoms with Crippen LogP contribution in [0.15, 0.2) is 5.38 Å². The van der Waals surface area contributed by atoms with E-state index in [2.05, 4.69) is 22.2 Å². The lowest BCUT2D eigenvalue weighted by atomic mass is 10.2. The molecule has 0 aromatic carbocycles. The zero-order valence-corrected chi connectivity index (χ0v) is 11.7. The van der Waals surface area contributed by atoms with Crippen molar-refractivity contribution < 1.29 is 9.53 Å². The second-order valence-electron chi connectivity index (χ2n) is 4.21. The molecule has 5 heteroatoms. The van der Waals surface area contributed by atoms with Crippen molar-refractivity contribution in [1.29, 1.82) is 0 Å². The first kappa shape index (κ1) is 14.1. The Morgan fingerprint density at radius 1 is 1.65 bits per heavy atom. The molecule has 0 saturated heterocycles. The van der Waals surface area contributed by atoms with Crippen molar-refractivity contribution >= 4 is 17.3 Å². The van der Waals surface area contributed by atoms with E-state index in [1.165, 1.54) is 7.11 Å². The molecular formula is C12H20N2O2S. The van der Waals surface area contributed by atoms with Gasteiger partial charge in [-0.25, -0.2) is 4.98 Å². The summed E-state index contributed by atoms with van der Waals surface area (Å²) in [5.74, 6) is -0.265. The third kappa shape index (κ3) is 4.44. The molecule has 0 saturated carbocycles. The Morgan fingerprint density at radius 3 is 2.88 bits per heavy atom. The average molecular weight is 256 g/mol. The molecule has 17 heavy (non-hydrogen) atoms. The number of rotatable bonds is 6. The monoisotopic (exact) mass is 256 g/mol. The number of hydrogen-bond donors (Lipinski definition) is 0. The van der Waals surface area contributed by atoms with Crippen molar-refractivity contribution in [3.8, 4) is 0 Å². The highest BCUT2D eigenvalue weighted by Crippen LogP contribution is 2.12. The lowest BCUT2D eigenvalue weighted by molar-refractivity contribution is -0.145. The molecule has 0 unspecified atom stereocenters. The Kier molecular flexibility index (Phi) is 5.58. The van der Waals surface area contributed by atoms with E-state index >= 15 is 0 Å². The molecule has 1 aromatic rings. The first-order chi connectivity index (χ1) is 8.06. The van der Waals surface area contributed by atoms with E-state index in [4.69, 9.17) is 4.74 Å². The fourth-order valence-electron chi connectivity index (χ4n) is 1.67. The quantitative estimate of drug-likeness (QED) is 0.730. The molecule has 0 amide bonds. The van der Waals surface area contributed by atoms with Crippen molar-refractivity contribution in [2.24, 2.45) is 5.92 Å². The molecule has 1 atom stereocenters. The summed E-state index contributed by atoms with van der Waals surface area (Å²) in [6.07, 6.45) is 0.979. The Morgan fingerprint density at radius 2 is 2.35 bits per heavy atom. The maximum atomic E-state index is 11.3. The minimum absolute atomic E-state index is 0.103. The molecule has 1 aromatic heterocycles. The molecule has 0 N–H and O–H groups in total. The highest BCUT2D eigenvalue weighted by atomic mass is 32.1. The average Bonchev–Trinajstić information content (AvgIpc) is 2.75. The normalized spacial score (nSPS) is 12.8. The Bertz CT molecular complexity index is 365. The van der Waals surface area contributed by atoms with Crippen molar-refractivity contribution in [3.05, 3.63) is 16.1 Å². The van der Waals surface area contributed by atoms with Gasteiger partial charge in [0.1, 0.15) is 0 Å². The molecule has 0 aliphatic heterocycles. The van der Waals surface area contributed by atoms with Crippen LogP contribution in [0.25, 0.3) is 0 Å². The number of nitrogens with zero attached hydrogens (tertiary/aromatic N) is 2. The number of hydrogen-bond acceptors (Lipinski definition) is 5. The Hall–Kier alpha value is -0.940. The van der Waals surface area contributed by atoms with Crippen LogP contribution in [0, 0.1) is 5.92 Å². The van der Waals surface area contributed by atoms with Gasteiger partial charge in [0.15, 0.2) is 0 Å². The van der Waals surface area contributed by atoms with Gasteiger partial charge in [0.25, 0.3) is 0 Å². The molecular weight excluding hydrogens is 236 g/mol. The highest BCUT2D eigenvalue weighted by Gasteiger charge is 2.16. The van der Waals surface area contributed by atoms with Crippen LogP contribution in [-0.4, -0.2) is 36.6 Å². The summed E-state index contributed by atoms with van der Waals surface area (Å²) in [5, 5.41) is 3.24. The maximum Gasteiger partial charge on any atom is 0.309 e. The van der Waals surface area contributed by atoms with Crippen LogP contribution in [0.4, 0.5) is 0 Å². The molecule has 0 spiro atoms. The number of ether oxygens (including phenoxy) is 1. The third-order valence-corrected chi connectivity index (χ3v) is 3.56. The smallest absolute Gasteiger partial charge is 0.309 e. The fraction of sp³-hybridized carbons (Fsp3) is 0.667. The van der Waals surface area contributed by atoms with Gasteiger partial charge >= 0.3 is 5.97 Å². The van der Waals surface area contributed by atoms with Gasteiger partial charge in [-0.3, -0.25) is 9.69 Å². The number of carbonyl (C=O) groups excluding carboxylic acids is 1. The topological polar surface area (TPSA) is 42.4 Å². The van der Waals surface area contributed by atoms with Crippen LogP contribution < -0.4 is 0 Å². The van der Waals surface area contributed by atoms with Gasteiger partial charge in [-0.1, -0.05) is 13.8 Å². The summed E-state index contributed by atoms with van der Waals surface area (Å²) in [4.78, 5) is 17.9. The minimum Gasteiger partial charge on any atom is -0.469 e. The minimum atomic E-state index is -0.163. The predicted octanol–water partition coefficient (Wildman–Crippen LogP) is 1.95. The number of aromatic nitrogens is 1. The van der Waals surface area contributed by atoms with Gasteiger partial charge in [-0.2, -0.15) is 0 Å². The Balaban J connectivity index is 2.43. The Labute approximate surface area is 107 Å². The molecule has 0 fully saturated rings. The number of aryl methyl sites for hydroxylation is 1. The predicted molar refractivity (Wildman–Crippen MR) is 69.0 cm³/mol. The van der Waals surface area contributed by atoms with Gasteiger partial charge in [0.05, 0.1) is 23.7 Å². The zero-order valence-electron chi connectivity index (χ0n) is 10.9. The van der Waals surface area contributed by atoms with E-state index in [0.29, 0.717) is 6.54 Å². The molecule has 0 aliphatic carbocycles. The van der Waals surface area contributed by atoms with Crippen molar-refractivity contribution in [3.63, 3.8) is 0 Å². The van der Waals surface area contributed by atoms with Crippen LogP contribution in [0.5, 0.6) is 0 Å². The van der Waals surface area contributed by atoms with Crippen molar-refractivity contribution in [1.82, 2.24) is 9.88 Å². The number of methoxy groups -OCH3 is 1. The zero-order chi connectivity index (χ0) is 12.8. The van der Waals surface area contributed by atoms with E-state index in [0.717, 1.165) is 23.7 Å². The largest absolute Gasteiger partial charge is 0.469 e. The van der Waals surface area contributed by atoms with E-state index in [9.17, 15) is 4.79 Å². The summed E-state index contributed by atoms with van der Waals surface area (Å²) in [6, 6.07) is 0. The summed E-state index contributed by atoms with van der Waals surface area (Å²) in [7, 11) is 3.41. The summed E-state index contributed by atoms with van der Waals surface area (Å²) in [5.41, 5.74) is 1.08. The van der Waals surface area contributed by atoms with Gasteiger partial charge in [0.2, 0.25) is 0 Å². The summed E-state index contributed by atoms with van der Waals surface area (Å²) >= 11 is 1.69. The summed E-state index contributed by atoms with van der Waals surface area (Å²) < 4.78 is 4.71. The van der Waals surface area contributed by atoms with Crippen molar-refractivity contribution in [2.45, 2.75) is 26.8 Å². The third-order valence-electron chi connectivity index (χ3n) is 2.52. The van der Waals surface area contributed by atoms with Crippen LogP contribution in [0.1, 0.15) is 24.5 Å². The number of esters is 1.